The third kappa shape index (κ3) is 5.50. The zero-order valence-electron chi connectivity index (χ0n) is 20.2. The van der Waals surface area contributed by atoms with E-state index >= 15 is 0 Å². The van der Waals surface area contributed by atoms with Crippen molar-refractivity contribution in [1.82, 2.24) is 4.98 Å². The van der Waals surface area contributed by atoms with E-state index in [9.17, 15) is 9.18 Å². The Morgan fingerprint density at radius 2 is 1.64 bits per heavy atom. The molecule has 10 heteroatoms. The minimum atomic E-state index is -0.504. The number of hydrogen-bond acceptors (Lipinski definition) is 8. The summed E-state index contributed by atoms with van der Waals surface area (Å²) in [6.07, 6.45) is 0. The van der Waals surface area contributed by atoms with Crippen LogP contribution in [0.4, 0.5) is 10.1 Å². The Labute approximate surface area is 216 Å². The fourth-order valence-corrected chi connectivity index (χ4v) is 5.60. The monoisotopic (exact) mass is 528 g/mol. The molecule has 0 aliphatic carbocycles. The number of ether oxygens (including phenoxy) is 4. The number of aromatic nitrogens is 1. The van der Waals surface area contributed by atoms with Crippen LogP contribution >= 0.6 is 23.1 Å². The number of nitrogens with zero attached hydrogens (tertiary/aromatic N) is 2. The van der Waals surface area contributed by atoms with Crippen LogP contribution in [0.25, 0.3) is 10.2 Å². The van der Waals surface area contributed by atoms with Gasteiger partial charge in [0.1, 0.15) is 0 Å². The second-order valence-corrected chi connectivity index (χ2v) is 9.82. The smallest absolute Gasteiger partial charge is 0.237 e. The van der Waals surface area contributed by atoms with Gasteiger partial charge in [-0.2, -0.15) is 0 Å². The molecule has 0 fully saturated rings. The summed E-state index contributed by atoms with van der Waals surface area (Å²) in [5, 5.41) is 0. The van der Waals surface area contributed by atoms with Gasteiger partial charge in [-0.05, 0) is 29.8 Å². The number of fused-ring (bicyclic) bond motifs is 1. The highest BCUT2D eigenvalue weighted by Gasteiger charge is 2.23. The number of thioether (sulfide) groups is 1. The largest absolute Gasteiger partial charge is 0.494 e. The second-order valence-electron chi connectivity index (χ2n) is 7.57. The van der Waals surface area contributed by atoms with Crippen molar-refractivity contribution >= 4 is 44.9 Å². The maximum atomic E-state index is 14.4. The molecule has 0 spiro atoms. The molecule has 0 N–H and O–H groups in total. The molecule has 4 rings (SSSR count). The number of methoxy groups -OCH3 is 4. The van der Waals surface area contributed by atoms with Gasteiger partial charge in [-0.25, -0.2) is 9.37 Å². The van der Waals surface area contributed by atoms with Gasteiger partial charge in [0.25, 0.3) is 0 Å². The third-order valence-electron chi connectivity index (χ3n) is 5.41. The predicted molar refractivity (Wildman–Crippen MR) is 141 cm³/mol. The Morgan fingerprint density at radius 1 is 0.944 bits per heavy atom. The number of hydrogen-bond donors (Lipinski definition) is 0. The highest BCUT2D eigenvalue weighted by atomic mass is 32.2. The molecule has 0 aliphatic heterocycles. The lowest BCUT2D eigenvalue weighted by molar-refractivity contribution is -0.116. The van der Waals surface area contributed by atoms with Crippen molar-refractivity contribution in [3.05, 3.63) is 66.0 Å². The number of rotatable bonds is 10. The minimum absolute atomic E-state index is 0.124. The van der Waals surface area contributed by atoms with E-state index in [1.807, 2.05) is 24.3 Å². The van der Waals surface area contributed by atoms with Gasteiger partial charge in [0.05, 0.1) is 56.6 Å². The Balaban J connectivity index is 1.66. The molecule has 7 nitrogen and oxygen atoms in total. The topological polar surface area (TPSA) is 70.1 Å². The summed E-state index contributed by atoms with van der Waals surface area (Å²) >= 11 is 2.89. The van der Waals surface area contributed by atoms with E-state index in [0.29, 0.717) is 28.5 Å². The molecule has 0 bridgehead atoms. The van der Waals surface area contributed by atoms with Crippen LogP contribution in [0.5, 0.6) is 23.0 Å². The van der Waals surface area contributed by atoms with E-state index in [0.717, 1.165) is 14.6 Å². The summed E-state index contributed by atoms with van der Waals surface area (Å²) in [4.78, 5) is 19.7. The number of anilines is 1. The van der Waals surface area contributed by atoms with Gasteiger partial charge < -0.3 is 23.8 Å². The summed E-state index contributed by atoms with van der Waals surface area (Å²) in [6.45, 7) is 0.124. The van der Waals surface area contributed by atoms with Crippen LogP contribution in [-0.4, -0.2) is 45.1 Å². The van der Waals surface area contributed by atoms with Crippen LogP contribution < -0.4 is 23.8 Å². The lowest BCUT2D eigenvalue weighted by Crippen LogP contribution is -2.32. The van der Waals surface area contributed by atoms with E-state index in [4.69, 9.17) is 18.9 Å². The number of halogens is 1. The van der Waals surface area contributed by atoms with E-state index in [1.54, 1.807) is 29.2 Å². The van der Waals surface area contributed by atoms with Crippen molar-refractivity contribution in [1.29, 1.82) is 0 Å². The molecule has 0 radical (unpaired) electrons. The first-order valence-electron chi connectivity index (χ1n) is 10.9. The van der Waals surface area contributed by atoms with Crippen molar-refractivity contribution in [3.8, 4) is 23.0 Å². The SMILES string of the molecule is COc1ccc(CN(C(=O)CSc2nc3ccccc3s2)c2cc(OC)c(OC)c(OC)c2)cc1F. The Hall–Kier alpha value is -3.50. The fourth-order valence-electron chi connectivity index (χ4n) is 3.65. The highest BCUT2D eigenvalue weighted by molar-refractivity contribution is 8.01. The summed E-state index contributed by atoms with van der Waals surface area (Å²) in [5.74, 6) is 0.802. The maximum Gasteiger partial charge on any atom is 0.237 e. The standard InChI is InChI=1S/C26H25FN2O5S2/c1-31-20-10-9-16(11-18(20)27)14-29(17-12-21(32-2)25(34-4)22(13-17)33-3)24(30)15-35-26-28-19-7-5-6-8-23(19)36-26/h5-13H,14-15H2,1-4H3. The molecule has 188 valence electrons. The molecule has 1 amide bonds. The molecule has 0 saturated heterocycles. The molecule has 0 saturated carbocycles. The van der Waals surface area contributed by atoms with Crippen molar-refractivity contribution in [3.63, 3.8) is 0 Å². The van der Waals surface area contributed by atoms with Crippen LogP contribution in [-0.2, 0) is 11.3 Å². The molecule has 36 heavy (non-hydrogen) atoms. The van der Waals surface area contributed by atoms with Crippen LogP contribution in [0.15, 0.2) is 58.9 Å². The van der Waals surface area contributed by atoms with Crippen molar-refractivity contribution in [2.75, 3.05) is 39.1 Å². The first-order chi connectivity index (χ1) is 17.5. The summed E-state index contributed by atoms with van der Waals surface area (Å²) in [5.41, 5.74) is 2.02. The average Bonchev–Trinajstić information content (AvgIpc) is 3.32. The van der Waals surface area contributed by atoms with Crippen LogP contribution in [0.3, 0.4) is 0 Å². The van der Waals surface area contributed by atoms with E-state index < -0.39 is 5.82 Å². The zero-order chi connectivity index (χ0) is 25.7. The Kier molecular flexibility index (Phi) is 8.17. The summed E-state index contributed by atoms with van der Waals surface area (Å²) in [6, 6.07) is 15.8. The zero-order valence-corrected chi connectivity index (χ0v) is 21.9. The van der Waals surface area contributed by atoms with Gasteiger partial charge in [-0.3, -0.25) is 4.79 Å². The van der Waals surface area contributed by atoms with E-state index in [2.05, 4.69) is 4.98 Å². The molecule has 0 unspecified atom stereocenters. The van der Waals surface area contributed by atoms with Crippen molar-refractivity contribution in [2.24, 2.45) is 0 Å². The molecule has 1 aromatic heterocycles. The van der Waals surface area contributed by atoms with Crippen molar-refractivity contribution < 1.29 is 28.1 Å². The lowest BCUT2D eigenvalue weighted by atomic mass is 10.1. The third-order valence-corrected chi connectivity index (χ3v) is 7.58. The molecular formula is C26H25FN2O5S2. The second kappa shape index (κ2) is 11.5. The molecule has 3 aromatic carbocycles. The van der Waals surface area contributed by atoms with Crippen molar-refractivity contribution in [2.45, 2.75) is 10.9 Å². The van der Waals surface area contributed by atoms with Crippen LogP contribution in [0, 0.1) is 5.82 Å². The number of para-hydroxylation sites is 1. The van der Waals surface area contributed by atoms with Gasteiger partial charge in [0.15, 0.2) is 27.4 Å². The summed E-state index contributed by atoms with van der Waals surface area (Å²) in [7, 11) is 5.94. The van der Waals surface area contributed by atoms with Crippen LogP contribution in [0.2, 0.25) is 0 Å². The van der Waals surface area contributed by atoms with Gasteiger partial charge >= 0.3 is 0 Å². The normalized spacial score (nSPS) is 10.8. The first kappa shape index (κ1) is 25.6. The minimum Gasteiger partial charge on any atom is -0.494 e. The fraction of sp³-hybridized carbons (Fsp3) is 0.231. The number of carbonyl (C=O) groups excluding carboxylic acids is 1. The maximum absolute atomic E-state index is 14.4. The number of amides is 1. The summed E-state index contributed by atoms with van der Waals surface area (Å²) < 4.78 is 37.7. The predicted octanol–water partition coefficient (Wildman–Crippen LogP) is 5.80. The Morgan fingerprint density at radius 3 is 2.25 bits per heavy atom. The highest BCUT2D eigenvalue weighted by Crippen LogP contribution is 2.41. The number of thiazole rings is 1. The van der Waals surface area contributed by atoms with Gasteiger partial charge in [0.2, 0.25) is 11.7 Å². The van der Waals surface area contributed by atoms with E-state index in [1.165, 1.54) is 57.6 Å². The average molecular weight is 529 g/mol. The quantitative estimate of drug-likeness (QED) is 0.241. The first-order valence-corrected chi connectivity index (χ1v) is 12.7. The van der Waals surface area contributed by atoms with Crippen LogP contribution in [0.1, 0.15) is 5.56 Å². The molecule has 0 atom stereocenters. The van der Waals surface area contributed by atoms with Gasteiger partial charge in [0, 0.05) is 12.1 Å². The van der Waals surface area contributed by atoms with Gasteiger partial charge in [-0.15, -0.1) is 11.3 Å². The van der Waals surface area contributed by atoms with E-state index in [-0.39, 0.29) is 24.0 Å². The molecule has 0 aliphatic rings. The Bertz CT molecular complexity index is 1320. The lowest BCUT2D eigenvalue weighted by Gasteiger charge is -2.25. The molecular weight excluding hydrogens is 503 g/mol. The number of benzene rings is 3. The molecule has 1 heterocycles. The number of carbonyl (C=O) groups is 1. The molecule has 4 aromatic rings. The van der Waals surface area contributed by atoms with Gasteiger partial charge in [-0.1, -0.05) is 30.0 Å².